The number of amides is 1. The molecule has 0 radical (unpaired) electrons. The van der Waals surface area contributed by atoms with Gasteiger partial charge in [0, 0.05) is 18.8 Å². The first-order valence-electron chi connectivity index (χ1n) is 8.14. The summed E-state index contributed by atoms with van der Waals surface area (Å²) in [4.78, 5) is 12.4. The molecule has 2 aromatic carbocycles. The number of carbonyl (C=O) groups excluding carboxylic acids is 1. The van der Waals surface area contributed by atoms with Crippen molar-refractivity contribution in [2.75, 3.05) is 18.5 Å². The SMILES string of the molecule is O=C(NCC[C@H]1CCCO1)c1ccccc1Nc1ccccc1. The minimum atomic E-state index is -0.0537. The molecule has 23 heavy (non-hydrogen) atoms. The van der Waals surface area contributed by atoms with Crippen LogP contribution in [0.1, 0.15) is 29.6 Å². The van der Waals surface area contributed by atoms with Crippen molar-refractivity contribution >= 4 is 17.3 Å². The normalized spacial score (nSPS) is 17.0. The Morgan fingerprint density at radius 2 is 1.87 bits per heavy atom. The van der Waals surface area contributed by atoms with E-state index < -0.39 is 0 Å². The zero-order valence-corrected chi connectivity index (χ0v) is 13.1. The second-order valence-corrected chi connectivity index (χ2v) is 5.72. The third-order valence-corrected chi connectivity index (χ3v) is 4.00. The Hall–Kier alpha value is -2.33. The standard InChI is InChI=1S/C19H22N2O2/c22-19(20-13-12-16-9-6-14-23-16)17-10-4-5-11-18(17)21-15-7-2-1-3-8-15/h1-5,7-8,10-11,16,21H,6,9,12-14H2,(H,20,22)/t16-/m1/s1. The Kier molecular flexibility index (Phi) is 5.27. The summed E-state index contributed by atoms with van der Waals surface area (Å²) < 4.78 is 5.58. The van der Waals surface area contributed by atoms with Crippen LogP contribution in [0, 0.1) is 0 Å². The van der Waals surface area contributed by atoms with Crippen molar-refractivity contribution in [2.24, 2.45) is 0 Å². The van der Waals surface area contributed by atoms with Gasteiger partial charge >= 0.3 is 0 Å². The van der Waals surface area contributed by atoms with E-state index in [1.54, 1.807) is 0 Å². The Morgan fingerprint density at radius 3 is 2.65 bits per heavy atom. The summed E-state index contributed by atoms with van der Waals surface area (Å²) in [6, 6.07) is 17.4. The van der Waals surface area contributed by atoms with Crippen molar-refractivity contribution in [3.8, 4) is 0 Å². The summed E-state index contributed by atoms with van der Waals surface area (Å²) >= 11 is 0. The lowest BCUT2D eigenvalue weighted by molar-refractivity contribution is 0.0908. The van der Waals surface area contributed by atoms with E-state index >= 15 is 0 Å². The molecule has 1 aliphatic rings. The highest BCUT2D eigenvalue weighted by Gasteiger charge is 2.16. The Labute approximate surface area is 136 Å². The summed E-state index contributed by atoms with van der Waals surface area (Å²) in [5.74, 6) is -0.0537. The molecule has 4 heteroatoms. The summed E-state index contributed by atoms with van der Waals surface area (Å²) in [6.07, 6.45) is 3.40. The number of rotatable bonds is 6. The van der Waals surface area contributed by atoms with Crippen molar-refractivity contribution < 1.29 is 9.53 Å². The molecule has 2 N–H and O–H groups in total. The van der Waals surface area contributed by atoms with Crippen LogP contribution < -0.4 is 10.6 Å². The number of hydrogen-bond acceptors (Lipinski definition) is 3. The summed E-state index contributed by atoms with van der Waals surface area (Å²) in [7, 11) is 0. The van der Waals surface area contributed by atoms with E-state index in [0.29, 0.717) is 18.2 Å². The molecule has 120 valence electrons. The molecule has 1 aliphatic heterocycles. The lowest BCUT2D eigenvalue weighted by atomic mass is 10.1. The molecule has 1 amide bonds. The van der Waals surface area contributed by atoms with Gasteiger partial charge in [0.15, 0.2) is 0 Å². The van der Waals surface area contributed by atoms with Crippen molar-refractivity contribution in [2.45, 2.75) is 25.4 Å². The van der Waals surface area contributed by atoms with Gasteiger partial charge in [0.05, 0.1) is 17.4 Å². The van der Waals surface area contributed by atoms with Crippen LogP contribution in [-0.4, -0.2) is 25.2 Å². The molecule has 4 nitrogen and oxygen atoms in total. The summed E-state index contributed by atoms with van der Waals surface area (Å²) in [5, 5.41) is 6.29. The lowest BCUT2D eigenvalue weighted by Gasteiger charge is -2.13. The third-order valence-electron chi connectivity index (χ3n) is 4.00. The van der Waals surface area contributed by atoms with Gasteiger partial charge in [-0.3, -0.25) is 4.79 Å². The number of benzene rings is 2. The maximum atomic E-state index is 12.4. The van der Waals surface area contributed by atoms with E-state index in [0.717, 1.165) is 37.2 Å². The summed E-state index contributed by atoms with van der Waals surface area (Å²) in [5.41, 5.74) is 2.43. The van der Waals surface area contributed by atoms with Crippen molar-refractivity contribution in [1.82, 2.24) is 5.32 Å². The van der Waals surface area contributed by atoms with Gasteiger partial charge in [-0.15, -0.1) is 0 Å². The predicted octanol–water partition coefficient (Wildman–Crippen LogP) is 3.73. The maximum Gasteiger partial charge on any atom is 0.253 e. The van der Waals surface area contributed by atoms with Gasteiger partial charge in [-0.2, -0.15) is 0 Å². The van der Waals surface area contributed by atoms with Crippen LogP contribution in [0.15, 0.2) is 54.6 Å². The van der Waals surface area contributed by atoms with Gasteiger partial charge in [0.1, 0.15) is 0 Å². The topological polar surface area (TPSA) is 50.4 Å². The van der Waals surface area contributed by atoms with Crippen LogP contribution >= 0.6 is 0 Å². The van der Waals surface area contributed by atoms with E-state index in [1.165, 1.54) is 0 Å². The fourth-order valence-electron chi connectivity index (χ4n) is 2.78. The lowest BCUT2D eigenvalue weighted by Crippen LogP contribution is -2.27. The van der Waals surface area contributed by atoms with Crippen LogP contribution in [0.2, 0.25) is 0 Å². The zero-order chi connectivity index (χ0) is 15.9. The van der Waals surface area contributed by atoms with Gasteiger partial charge in [-0.1, -0.05) is 30.3 Å². The predicted molar refractivity (Wildman–Crippen MR) is 92.1 cm³/mol. The van der Waals surface area contributed by atoms with Gasteiger partial charge in [-0.25, -0.2) is 0 Å². The minimum Gasteiger partial charge on any atom is -0.378 e. The second-order valence-electron chi connectivity index (χ2n) is 5.72. The van der Waals surface area contributed by atoms with Crippen molar-refractivity contribution in [3.05, 3.63) is 60.2 Å². The number of ether oxygens (including phenoxy) is 1. The molecule has 2 aromatic rings. The van der Waals surface area contributed by atoms with Crippen LogP contribution in [0.25, 0.3) is 0 Å². The van der Waals surface area contributed by atoms with Gasteiger partial charge in [0.2, 0.25) is 0 Å². The quantitative estimate of drug-likeness (QED) is 0.855. The Morgan fingerprint density at radius 1 is 1.09 bits per heavy atom. The van der Waals surface area contributed by atoms with E-state index in [-0.39, 0.29) is 5.91 Å². The molecule has 0 bridgehead atoms. The molecule has 1 fully saturated rings. The highest BCUT2D eigenvalue weighted by Crippen LogP contribution is 2.21. The van der Waals surface area contributed by atoms with E-state index in [1.807, 2.05) is 54.6 Å². The molecular weight excluding hydrogens is 288 g/mol. The van der Waals surface area contributed by atoms with Crippen LogP contribution in [0.4, 0.5) is 11.4 Å². The van der Waals surface area contributed by atoms with Crippen molar-refractivity contribution in [3.63, 3.8) is 0 Å². The number of anilines is 2. The first-order valence-corrected chi connectivity index (χ1v) is 8.14. The number of carbonyl (C=O) groups is 1. The molecule has 1 atom stereocenters. The molecule has 0 saturated carbocycles. The van der Waals surface area contributed by atoms with Crippen LogP contribution in [-0.2, 0) is 4.74 Å². The van der Waals surface area contributed by atoms with Crippen LogP contribution in [0.3, 0.4) is 0 Å². The molecule has 0 spiro atoms. The molecule has 1 saturated heterocycles. The first-order chi connectivity index (χ1) is 11.3. The van der Waals surface area contributed by atoms with Gasteiger partial charge in [-0.05, 0) is 43.5 Å². The molecule has 1 heterocycles. The Balaban J connectivity index is 1.61. The molecule has 0 unspecified atom stereocenters. The largest absolute Gasteiger partial charge is 0.378 e. The van der Waals surface area contributed by atoms with Gasteiger partial charge in [0.25, 0.3) is 5.91 Å². The fourth-order valence-corrected chi connectivity index (χ4v) is 2.78. The highest BCUT2D eigenvalue weighted by molar-refractivity contribution is 6.00. The third kappa shape index (κ3) is 4.33. The molecular formula is C19H22N2O2. The second kappa shape index (κ2) is 7.79. The first kappa shape index (κ1) is 15.6. The monoisotopic (exact) mass is 310 g/mol. The summed E-state index contributed by atoms with van der Waals surface area (Å²) in [6.45, 7) is 1.49. The average Bonchev–Trinajstić information content (AvgIpc) is 3.09. The smallest absolute Gasteiger partial charge is 0.253 e. The maximum absolute atomic E-state index is 12.4. The van der Waals surface area contributed by atoms with Crippen LogP contribution in [0.5, 0.6) is 0 Å². The van der Waals surface area contributed by atoms with E-state index in [2.05, 4.69) is 10.6 Å². The molecule has 0 aliphatic carbocycles. The number of hydrogen-bond donors (Lipinski definition) is 2. The highest BCUT2D eigenvalue weighted by atomic mass is 16.5. The van der Waals surface area contributed by atoms with Crippen molar-refractivity contribution in [1.29, 1.82) is 0 Å². The van der Waals surface area contributed by atoms with Gasteiger partial charge < -0.3 is 15.4 Å². The number of para-hydroxylation sites is 2. The zero-order valence-electron chi connectivity index (χ0n) is 13.1. The average molecular weight is 310 g/mol. The molecule has 0 aromatic heterocycles. The number of nitrogens with one attached hydrogen (secondary N) is 2. The minimum absolute atomic E-state index is 0.0537. The van der Waals surface area contributed by atoms with E-state index in [4.69, 9.17) is 4.74 Å². The Bertz CT molecular complexity index is 637. The fraction of sp³-hybridized carbons (Fsp3) is 0.316. The van der Waals surface area contributed by atoms with E-state index in [9.17, 15) is 4.79 Å². The molecule has 3 rings (SSSR count).